The Kier molecular flexibility index (Phi) is 14.6. The van der Waals surface area contributed by atoms with Crippen molar-refractivity contribution in [2.75, 3.05) is 13.2 Å². The average molecular weight is 891 g/mol. The van der Waals surface area contributed by atoms with Crippen molar-refractivity contribution in [2.45, 2.75) is 216 Å². The van der Waals surface area contributed by atoms with Gasteiger partial charge in [0.05, 0.1) is 17.8 Å². The molecule has 7 aliphatic rings. The van der Waals surface area contributed by atoms with Crippen molar-refractivity contribution >= 4 is 17.7 Å². The van der Waals surface area contributed by atoms with E-state index in [9.17, 15) is 19.8 Å². The summed E-state index contributed by atoms with van der Waals surface area (Å²) in [6, 6.07) is 8.82. The van der Waals surface area contributed by atoms with Gasteiger partial charge < -0.3 is 38.6 Å². The van der Waals surface area contributed by atoms with Crippen molar-refractivity contribution in [1.29, 1.82) is 0 Å². The summed E-state index contributed by atoms with van der Waals surface area (Å²) in [6.45, 7) is 12.2. The van der Waals surface area contributed by atoms with Crippen molar-refractivity contribution in [2.24, 2.45) is 35.5 Å². The predicted octanol–water partition coefficient (Wildman–Crippen LogP) is 9.73. The van der Waals surface area contributed by atoms with E-state index in [1.54, 1.807) is 24.3 Å². The van der Waals surface area contributed by atoms with Crippen LogP contribution in [-0.4, -0.2) is 87.8 Å². The summed E-state index contributed by atoms with van der Waals surface area (Å²) in [5.41, 5.74) is -5.39. The monoisotopic (exact) mass is 891 g/mol. The molecule has 4 heterocycles. The number of Topliss-reactive ketones (excluding diaryl/α,β-unsaturated/α-hetero) is 1. The Morgan fingerprint density at radius 1 is 0.828 bits per heavy atom. The fourth-order valence-electron chi connectivity index (χ4n) is 13.8. The van der Waals surface area contributed by atoms with Gasteiger partial charge in [0, 0.05) is 36.5 Å². The zero-order valence-electron chi connectivity index (χ0n) is 39.3. The van der Waals surface area contributed by atoms with Gasteiger partial charge in [-0.3, -0.25) is 9.59 Å². The number of ether oxygens (including phenoxy) is 6. The molecule has 2 spiro atoms. The average Bonchev–Trinajstić information content (AvgIpc) is 3.92. The van der Waals surface area contributed by atoms with Gasteiger partial charge in [-0.2, -0.15) is 0 Å². The van der Waals surface area contributed by atoms with Gasteiger partial charge in [0.15, 0.2) is 17.0 Å². The number of esters is 2. The number of hydrogen-bond donors (Lipinski definition) is 2. The molecule has 4 saturated heterocycles. The van der Waals surface area contributed by atoms with Gasteiger partial charge >= 0.3 is 11.9 Å². The van der Waals surface area contributed by atoms with E-state index in [4.69, 9.17) is 28.4 Å². The summed E-state index contributed by atoms with van der Waals surface area (Å²) >= 11 is 0. The summed E-state index contributed by atoms with van der Waals surface area (Å²) in [7, 11) is 0. The maximum absolute atomic E-state index is 15.1. The van der Waals surface area contributed by atoms with Crippen LogP contribution in [0.4, 0.5) is 0 Å². The van der Waals surface area contributed by atoms with Gasteiger partial charge in [-0.05, 0) is 55.7 Å². The first-order valence-corrected chi connectivity index (χ1v) is 25.6. The molecule has 0 aromatic heterocycles. The molecule has 3 saturated carbocycles. The fraction of sp³-hybridized carbons (Fsp3) is 0.792. The van der Waals surface area contributed by atoms with Crippen LogP contribution in [0.5, 0.6) is 0 Å². The Morgan fingerprint density at radius 3 is 2.14 bits per heavy atom. The second-order valence-corrected chi connectivity index (χ2v) is 21.2. The summed E-state index contributed by atoms with van der Waals surface area (Å²) in [6.07, 6.45) is 18.8. The maximum atomic E-state index is 15.1. The minimum atomic E-state index is -2.35. The Bertz CT molecular complexity index is 1820. The minimum absolute atomic E-state index is 0.0355. The molecule has 356 valence electrons. The minimum Gasteiger partial charge on any atom is -0.462 e. The molecule has 2 N–H and O–H groups in total. The number of fused-ring (bicyclic) bond motifs is 1. The van der Waals surface area contributed by atoms with Gasteiger partial charge in [0.2, 0.25) is 0 Å². The molecule has 14 atom stereocenters. The largest absolute Gasteiger partial charge is 0.462 e. The highest BCUT2D eigenvalue weighted by molar-refractivity contribution is 5.94. The van der Waals surface area contributed by atoms with E-state index in [2.05, 4.69) is 20.4 Å². The molecule has 1 aromatic carbocycles. The molecule has 0 radical (unpaired) electrons. The van der Waals surface area contributed by atoms with Gasteiger partial charge in [-0.15, -0.1) is 0 Å². The number of unbranched alkanes of at least 4 members (excludes halogenated alkanes) is 12. The van der Waals surface area contributed by atoms with Crippen LogP contribution in [0, 0.1) is 35.5 Å². The first kappa shape index (κ1) is 47.8. The zero-order valence-corrected chi connectivity index (χ0v) is 39.3. The van der Waals surface area contributed by atoms with E-state index in [0.29, 0.717) is 18.4 Å². The van der Waals surface area contributed by atoms with Crippen molar-refractivity contribution in [3.63, 3.8) is 0 Å². The van der Waals surface area contributed by atoms with Gasteiger partial charge in [-0.25, -0.2) is 4.79 Å². The highest BCUT2D eigenvalue weighted by atomic mass is 16.9. The lowest BCUT2D eigenvalue weighted by Crippen LogP contribution is -2.74. The lowest BCUT2D eigenvalue weighted by atomic mass is 9.51. The van der Waals surface area contributed by atoms with Gasteiger partial charge in [0.25, 0.3) is 5.97 Å². The predicted molar refractivity (Wildman–Crippen MR) is 241 cm³/mol. The number of carbonyl (C=O) groups is 3. The summed E-state index contributed by atoms with van der Waals surface area (Å²) in [5, 5.41) is 26.4. The lowest BCUT2D eigenvalue weighted by Gasteiger charge is -2.61. The lowest BCUT2D eigenvalue weighted by molar-refractivity contribution is -0.438. The van der Waals surface area contributed by atoms with E-state index >= 15 is 4.79 Å². The van der Waals surface area contributed by atoms with E-state index in [-0.39, 0.29) is 32.0 Å². The van der Waals surface area contributed by atoms with Crippen LogP contribution in [0.3, 0.4) is 0 Å². The number of ketones is 1. The van der Waals surface area contributed by atoms with Crippen LogP contribution < -0.4 is 0 Å². The van der Waals surface area contributed by atoms with Crippen LogP contribution >= 0.6 is 0 Å². The Labute approximate surface area is 382 Å². The standard InChI is InChI=1S/C53H78O11/c1-6-7-8-9-10-11-12-13-14-15-16-19-25-30-40(54)60-34-50-46(61-50)42-45-49(35(2)3)32-39(33-59-47(56)38-28-23-21-24-29-38)53(42)43-41(37(5)44(55)52(43,58)48(50)57)36(4)27-22-18-17-20-26-31-51(62-45,63-49)64-53/h21,23-24,28-29,36-37,39,41-43,45-46,48,57-58H,2,6-20,22,25-27,30-34H2,1,3-5H3/t36?,37-,39-,41-,42?,43+,45+,46-,48+,49+,50-,51+,52+,53+/m0/s1. The van der Waals surface area contributed by atoms with Gasteiger partial charge in [0.1, 0.15) is 30.5 Å². The molecule has 3 aliphatic carbocycles. The van der Waals surface area contributed by atoms with Crippen LogP contribution in [0.1, 0.15) is 179 Å². The Balaban J connectivity index is 1.07. The third-order valence-electron chi connectivity index (χ3n) is 17.1. The molecule has 7 fully saturated rings. The van der Waals surface area contributed by atoms with Crippen molar-refractivity contribution < 1.29 is 53.0 Å². The highest BCUT2D eigenvalue weighted by Crippen LogP contribution is 2.75. The SMILES string of the molecule is C=C(C)[C@]12C[C@@H](COC(=O)c3ccccc3)[C@@]34O[C@@]5(CCCCCCCC(C)[C@H]6[C@H](C)C(=O)[C@@](O)([C@H](O)[C@@]7(COC(=O)CCCCCCCCCCCCCCC)O[C@H]7C3[C@H]1O5)[C@@H]64)O2. The number of hydrogen-bond acceptors (Lipinski definition) is 11. The van der Waals surface area contributed by atoms with E-state index in [0.717, 1.165) is 63.4 Å². The van der Waals surface area contributed by atoms with Gasteiger partial charge in [-0.1, -0.05) is 155 Å². The van der Waals surface area contributed by atoms with Crippen LogP contribution in [0.15, 0.2) is 42.5 Å². The molecular weight excluding hydrogens is 813 g/mol. The maximum Gasteiger partial charge on any atom is 0.338 e. The van der Waals surface area contributed by atoms with Crippen LogP contribution in [0.25, 0.3) is 0 Å². The molecular formula is C53H78O11. The quantitative estimate of drug-likeness (QED) is 0.0558. The van der Waals surface area contributed by atoms with Crippen molar-refractivity contribution in [1.82, 2.24) is 0 Å². The number of epoxide rings is 1. The highest BCUT2D eigenvalue weighted by Gasteiger charge is 2.90. The third kappa shape index (κ3) is 8.37. The van der Waals surface area contributed by atoms with Crippen LogP contribution in [0.2, 0.25) is 0 Å². The smallest absolute Gasteiger partial charge is 0.338 e. The number of aliphatic hydroxyl groups excluding tert-OH is 1. The number of aliphatic hydroxyl groups is 2. The first-order chi connectivity index (χ1) is 30.8. The number of benzene rings is 1. The molecule has 8 rings (SSSR count). The second-order valence-electron chi connectivity index (χ2n) is 21.2. The summed E-state index contributed by atoms with van der Waals surface area (Å²) < 4.78 is 40.8. The first-order valence-electron chi connectivity index (χ1n) is 25.6. The topological polar surface area (TPSA) is 150 Å². The van der Waals surface area contributed by atoms with E-state index in [1.165, 1.54) is 57.8 Å². The fourth-order valence-corrected chi connectivity index (χ4v) is 13.8. The molecule has 64 heavy (non-hydrogen) atoms. The molecule has 0 amide bonds. The number of rotatable bonds is 20. The van der Waals surface area contributed by atoms with E-state index < -0.39 is 94.0 Å². The molecule has 2 unspecified atom stereocenters. The second kappa shape index (κ2) is 19.5. The summed E-state index contributed by atoms with van der Waals surface area (Å²) in [5.74, 6) is -6.32. The summed E-state index contributed by atoms with van der Waals surface area (Å²) in [4.78, 5) is 42.3. The van der Waals surface area contributed by atoms with Crippen LogP contribution in [-0.2, 0) is 38.0 Å². The third-order valence-corrected chi connectivity index (χ3v) is 17.1. The molecule has 11 heteroatoms. The van der Waals surface area contributed by atoms with Crippen molar-refractivity contribution in [3.8, 4) is 0 Å². The molecule has 11 nitrogen and oxygen atoms in total. The molecule has 3 bridgehead atoms. The number of carbonyl (C=O) groups excluding carboxylic acids is 3. The molecule has 4 aliphatic heterocycles. The zero-order chi connectivity index (χ0) is 45.3. The molecule has 1 aromatic rings. The van der Waals surface area contributed by atoms with E-state index in [1.807, 2.05) is 19.9 Å². The Hall–Kier alpha value is -2.67. The Morgan fingerprint density at radius 2 is 1.47 bits per heavy atom. The normalized spacial score (nSPS) is 40.7. The van der Waals surface area contributed by atoms with Crippen molar-refractivity contribution in [3.05, 3.63) is 48.0 Å².